The fourth-order valence-corrected chi connectivity index (χ4v) is 0. The van der Waals surface area contributed by atoms with E-state index in [9.17, 15) is 0 Å². The number of carboxylic acids is 3. The van der Waals surface area contributed by atoms with Crippen LogP contribution in [0.25, 0.3) is 0 Å². The zero-order valence-electron chi connectivity index (χ0n) is 8.10. The van der Waals surface area contributed by atoms with Gasteiger partial charge in [0.1, 0.15) is 0 Å². The van der Waals surface area contributed by atoms with Crippen LogP contribution in [0, 0.1) is 0 Å². The second kappa shape index (κ2) is 19.4. The average molecular weight is 286 g/mol. The van der Waals surface area contributed by atoms with Gasteiger partial charge < -0.3 is 46.9 Å². The van der Waals surface area contributed by atoms with Crippen molar-refractivity contribution in [2.24, 2.45) is 17.2 Å². The van der Waals surface area contributed by atoms with Crippen LogP contribution < -0.4 is 32.5 Å². The minimum absolute atomic E-state index is 0. The van der Waals surface area contributed by atoms with E-state index in [1.807, 2.05) is 0 Å². The van der Waals surface area contributed by atoms with E-state index < -0.39 is 17.9 Å². The van der Waals surface area contributed by atoms with Crippen molar-refractivity contribution >= 4 is 17.9 Å². The van der Waals surface area contributed by atoms with E-state index in [1.54, 1.807) is 0 Å². The van der Waals surface area contributed by atoms with Crippen LogP contribution in [0.4, 0.5) is 0 Å². The molecular weight excluding hydrogens is 274 g/mol. The van der Waals surface area contributed by atoms with Gasteiger partial charge in [-0.1, -0.05) is 0 Å². The first-order valence-corrected chi connectivity index (χ1v) is 3.51. The van der Waals surface area contributed by atoms with Crippen LogP contribution >= 0.6 is 0 Å². The second-order valence-electron chi connectivity index (χ2n) is 1.73. The number of carbonyl (C=O) groups is 3. The molecule has 0 aromatic heterocycles. The van der Waals surface area contributed by atoms with Crippen molar-refractivity contribution in [2.45, 2.75) is 0 Å². The Morgan fingerprint density at radius 1 is 0.688 bits per heavy atom. The molecule has 16 heavy (non-hydrogen) atoms. The molecule has 6 N–H and O–H groups in total. The third-order valence-electron chi connectivity index (χ3n) is 0.500. The van der Waals surface area contributed by atoms with Crippen LogP contribution in [0.1, 0.15) is 0 Å². The van der Waals surface area contributed by atoms with E-state index in [0.29, 0.717) is 0 Å². The van der Waals surface area contributed by atoms with Gasteiger partial charge in [-0.2, -0.15) is 0 Å². The average Bonchev–Trinajstić information content (AvgIpc) is 2.19. The summed E-state index contributed by atoms with van der Waals surface area (Å²) in [6.07, 6.45) is 0. The van der Waals surface area contributed by atoms with Crippen molar-refractivity contribution in [1.82, 2.24) is 0 Å². The minimum atomic E-state index is -1.22. The molecule has 0 rings (SSSR count). The molecule has 9 nitrogen and oxygen atoms in total. The molecule has 0 heterocycles. The molecule has 101 valence electrons. The third-order valence-corrected chi connectivity index (χ3v) is 0.500. The van der Waals surface area contributed by atoms with Crippen molar-refractivity contribution in [3.8, 4) is 0 Å². The molecule has 0 saturated heterocycles. The molecule has 10 heteroatoms. The number of hydrogen-bond donors (Lipinski definition) is 3. The fraction of sp³-hybridized carbons (Fsp3) is 0.500. The first kappa shape index (κ1) is 24.2. The number of aliphatic carboxylic acids is 3. The molecule has 0 saturated carbocycles. The molecule has 0 aromatic rings. The van der Waals surface area contributed by atoms with Gasteiger partial charge in [0.25, 0.3) is 0 Å². The Morgan fingerprint density at radius 3 is 0.750 bits per heavy atom. The molecule has 0 bridgehead atoms. The van der Waals surface area contributed by atoms with Gasteiger partial charge >= 0.3 is 0 Å². The van der Waals surface area contributed by atoms with Gasteiger partial charge in [-0.05, 0) is 0 Å². The monoisotopic (exact) mass is 285 g/mol. The Morgan fingerprint density at radius 2 is 0.750 bits per heavy atom. The summed E-state index contributed by atoms with van der Waals surface area (Å²) in [5.41, 5.74) is 13.5. The largest absolute Gasteiger partial charge is 0.549 e. The molecule has 1 radical (unpaired) electrons. The van der Waals surface area contributed by atoms with Gasteiger partial charge in [0.05, 0.1) is 17.9 Å². The molecule has 0 fully saturated rings. The SMILES string of the molecule is NCC(=O)[O-].NCC(=O)[O-].NCC(=O)[O-].[Cu]. The molecule has 0 atom stereocenters. The zero-order chi connectivity index (χ0) is 12.9. The van der Waals surface area contributed by atoms with Crippen molar-refractivity contribution < 1.29 is 46.8 Å². The molecule has 0 spiro atoms. The summed E-state index contributed by atoms with van der Waals surface area (Å²) in [4.78, 5) is 27.4. The van der Waals surface area contributed by atoms with Gasteiger partial charge in [0.2, 0.25) is 0 Å². The van der Waals surface area contributed by atoms with Crippen LogP contribution in [0.3, 0.4) is 0 Å². The number of carbonyl (C=O) groups excluding carboxylic acids is 3. The Hall–Kier alpha value is -1.19. The maximum atomic E-state index is 9.13. The Labute approximate surface area is 102 Å². The van der Waals surface area contributed by atoms with Crippen LogP contribution in [0.5, 0.6) is 0 Å². The second-order valence-corrected chi connectivity index (χ2v) is 1.73. The molecular formula is C6H12CuN3O6-3. The maximum Gasteiger partial charge on any atom is 0.0550 e. The molecule has 0 unspecified atom stereocenters. The standard InChI is InChI=1S/3C2H5NO2.Cu/c3*3-1-2(4)5;/h3*1,3H2,(H,4,5);/p-3. The quantitative estimate of drug-likeness (QED) is 0.421. The smallest absolute Gasteiger partial charge is 0.0550 e. The van der Waals surface area contributed by atoms with E-state index in [4.69, 9.17) is 29.7 Å². The summed E-state index contributed by atoms with van der Waals surface area (Å²) >= 11 is 0. The van der Waals surface area contributed by atoms with E-state index in [2.05, 4.69) is 17.2 Å². The predicted molar refractivity (Wildman–Crippen MR) is 42.2 cm³/mol. The fourth-order valence-electron chi connectivity index (χ4n) is 0. The zero-order valence-corrected chi connectivity index (χ0v) is 9.05. The van der Waals surface area contributed by atoms with Crippen molar-refractivity contribution in [3.05, 3.63) is 0 Å². The van der Waals surface area contributed by atoms with Crippen LogP contribution in [0.2, 0.25) is 0 Å². The van der Waals surface area contributed by atoms with Crippen molar-refractivity contribution in [2.75, 3.05) is 19.6 Å². The Balaban J connectivity index is -0.0000000655. The Bertz CT molecular complexity index is 167. The van der Waals surface area contributed by atoms with E-state index in [-0.39, 0.29) is 36.7 Å². The number of rotatable bonds is 3. The normalized spacial score (nSPS) is 6.94. The first-order chi connectivity index (χ1) is 6.81. The topological polar surface area (TPSA) is 198 Å². The van der Waals surface area contributed by atoms with Crippen molar-refractivity contribution in [3.63, 3.8) is 0 Å². The van der Waals surface area contributed by atoms with Gasteiger partial charge in [-0.15, -0.1) is 0 Å². The summed E-state index contributed by atoms with van der Waals surface area (Å²) in [5.74, 6) is -3.65. The van der Waals surface area contributed by atoms with Gasteiger partial charge in [0.15, 0.2) is 0 Å². The molecule has 0 aliphatic rings. The summed E-state index contributed by atoms with van der Waals surface area (Å²) in [6.45, 7) is -1.17. The molecule has 0 amide bonds. The van der Waals surface area contributed by atoms with Gasteiger partial charge in [-0.3, -0.25) is 0 Å². The summed E-state index contributed by atoms with van der Waals surface area (Å²) in [7, 11) is 0. The number of carboxylic acid groups (broad SMARTS) is 3. The number of hydrogen-bond acceptors (Lipinski definition) is 9. The third kappa shape index (κ3) is 77.2. The van der Waals surface area contributed by atoms with Gasteiger partial charge in [-0.25, -0.2) is 0 Å². The molecule has 0 aliphatic heterocycles. The number of nitrogens with two attached hydrogens (primary N) is 3. The van der Waals surface area contributed by atoms with Crippen LogP contribution in [0.15, 0.2) is 0 Å². The maximum absolute atomic E-state index is 9.13. The van der Waals surface area contributed by atoms with Gasteiger partial charge in [0, 0.05) is 36.7 Å². The van der Waals surface area contributed by atoms with E-state index in [1.165, 1.54) is 0 Å². The van der Waals surface area contributed by atoms with E-state index >= 15 is 0 Å². The minimum Gasteiger partial charge on any atom is -0.549 e. The Kier molecular flexibility index (Phi) is 29.3. The van der Waals surface area contributed by atoms with Crippen LogP contribution in [-0.2, 0) is 31.5 Å². The first-order valence-electron chi connectivity index (χ1n) is 3.51. The molecule has 0 aromatic carbocycles. The summed E-state index contributed by atoms with van der Waals surface area (Å²) < 4.78 is 0. The van der Waals surface area contributed by atoms with Crippen LogP contribution in [-0.4, -0.2) is 37.5 Å². The summed E-state index contributed by atoms with van der Waals surface area (Å²) in [6, 6.07) is 0. The molecule has 0 aliphatic carbocycles. The van der Waals surface area contributed by atoms with E-state index in [0.717, 1.165) is 0 Å². The van der Waals surface area contributed by atoms with Crippen molar-refractivity contribution in [1.29, 1.82) is 0 Å². The summed E-state index contributed by atoms with van der Waals surface area (Å²) in [5, 5.41) is 27.4. The predicted octanol–water partition coefficient (Wildman–Crippen LogP) is -6.92.